The lowest BCUT2D eigenvalue weighted by Gasteiger charge is -2.11. The maximum Gasteiger partial charge on any atom is 0.0670 e. The smallest absolute Gasteiger partial charge is 0.0670 e. The van der Waals surface area contributed by atoms with Crippen molar-refractivity contribution in [2.75, 3.05) is 11.5 Å². The summed E-state index contributed by atoms with van der Waals surface area (Å²) >= 11 is 7.07. The number of halogens is 1. The first-order chi connectivity index (χ1) is 6.25. The summed E-state index contributed by atoms with van der Waals surface area (Å²) in [6, 6.07) is 2.15. The van der Waals surface area contributed by atoms with Crippen molar-refractivity contribution < 1.29 is 5.11 Å². The summed E-state index contributed by atoms with van der Waals surface area (Å²) in [7, 11) is 0. The molecule has 2 heterocycles. The Morgan fingerprint density at radius 3 is 2.92 bits per heavy atom. The largest absolute Gasteiger partial charge is 0.392 e. The Kier molecular flexibility index (Phi) is 3.35. The van der Waals surface area contributed by atoms with Crippen LogP contribution in [0.25, 0.3) is 0 Å². The van der Waals surface area contributed by atoms with Gasteiger partial charge in [0, 0.05) is 20.5 Å². The van der Waals surface area contributed by atoms with Gasteiger partial charge in [-0.1, -0.05) is 0 Å². The minimum absolute atomic E-state index is 0.0918. The first-order valence-electron chi connectivity index (χ1n) is 4.24. The number of hydrogen-bond acceptors (Lipinski definition) is 3. The average Bonchev–Trinajstić information content (AvgIpc) is 2.64. The van der Waals surface area contributed by atoms with E-state index in [1.165, 1.54) is 4.88 Å². The van der Waals surface area contributed by atoms with Crippen LogP contribution < -0.4 is 0 Å². The van der Waals surface area contributed by atoms with Crippen molar-refractivity contribution in [2.45, 2.75) is 12.5 Å². The molecule has 0 saturated carbocycles. The zero-order valence-electron chi connectivity index (χ0n) is 7.07. The molecule has 0 spiro atoms. The SMILES string of the molecule is OC1CSCC1Cc1cc(Br)cs1. The van der Waals surface area contributed by atoms with Crippen LogP contribution in [0.3, 0.4) is 0 Å². The molecule has 1 aromatic heterocycles. The predicted octanol–water partition coefficient (Wildman–Crippen LogP) is 2.78. The van der Waals surface area contributed by atoms with E-state index in [1.807, 2.05) is 11.8 Å². The van der Waals surface area contributed by atoms with Crippen LogP contribution in [0.4, 0.5) is 0 Å². The Balaban J connectivity index is 1.97. The van der Waals surface area contributed by atoms with E-state index in [9.17, 15) is 5.11 Å². The van der Waals surface area contributed by atoms with E-state index in [0.717, 1.165) is 22.4 Å². The molecule has 1 aromatic rings. The molecule has 2 unspecified atom stereocenters. The fourth-order valence-electron chi connectivity index (χ4n) is 1.50. The molecule has 1 N–H and O–H groups in total. The fraction of sp³-hybridized carbons (Fsp3) is 0.556. The summed E-state index contributed by atoms with van der Waals surface area (Å²) in [6.07, 6.45) is 0.940. The van der Waals surface area contributed by atoms with Gasteiger partial charge >= 0.3 is 0 Å². The van der Waals surface area contributed by atoms with Gasteiger partial charge in [0.05, 0.1) is 6.10 Å². The molecule has 4 heteroatoms. The molecule has 1 nitrogen and oxygen atoms in total. The summed E-state index contributed by atoms with van der Waals surface area (Å²) in [5, 5.41) is 11.7. The van der Waals surface area contributed by atoms with Gasteiger partial charge in [0.2, 0.25) is 0 Å². The molecule has 13 heavy (non-hydrogen) atoms. The molecule has 0 radical (unpaired) electrons. The molecular weight excluding hydrogens is 268 g/mol. The van der Waals surface area contributed by atoms with Crippen molar-refractivity contribution in [1.29, 1.82) is 0 Å². The van der Waals surface area contributed by atoms with Crippen molar-refractivity contribution in [3.63, 3.8) is 0 Å². The third-order valence-electron chi connectivity index (χ3n) is 2.25. The van der Waals surface area contributed by atoms with E-state index in [4.69, 9.17) is 0 Å². The molecule has 2 rings (SSSR count). The molecule has 1 aliphatic rings. The highest BCUT2D eigenvalue weighted by Gasteiger charge is 2.26. The molecule has 1 aliphatic heterocycles. The van der Waals surface area contributed by atoms with Gasteiger partial charge in [-0.2, -0.15) is 11.8 Å². The van der Waals surface area contributed by atoms with E-state index >= 15 is 0 Å². The normalized spacial score (nSPS) is 28.2. The van der Waals surface area contributed by atoms with Crippen LogP contribution in [-0.2, 0) is 6.42 Å². The Morgan fingerprint density at radius 1 is 1.54 bits per heavy atom. The summed E-state index contributed by atoms with van der Waals surface area (Å²) in [6.45, 7) is 0. The molecule has 72 valence electrons. The second-order valence-electron chi connectivity index (χ2n) is 3.30. The van der Waals surface area contributed by atoms with Crippen LogP contribution in [0.5, 0.6) is 0 Å². The van der Waals surface area contributed by atoms with Crippen molar-refractivity contribution >= 4 is 39.0 Å². The monoisotopic (exact) mass is 278 g/mol. The number of aliphatic hydroxyl groups excluding tert-OH is 1. The Bertz CT molecular complexity index is 287. The Morgan fingerprint density at radius 2 is 2.38 bits per heavy atom. The minimum Gasteiger partial charge on any atom is -0.392 e. The van der Waals surface area contributed by atoms with Crippen molar-refractivity contribution in [3.05, 3.63) is 20.8 Å². The standard InChI is InChI=1S/C9H11BrOS2/c10-7-2-8(13-4-7)1-6-3-12-5-9(6)11/h2,4,6,9,11H,1,3,5H2. The molecule has 0 aromatic carbocycles. The molecule has 0 aliphatic carbocycles. The van der Waals surface area contributed by atoms with Gasteiger partial charge in [-0.3, -0.25) is 0 Å². The van der Waals surface area contributed by atoms with E-state index in [1.54, 1.807) is 11.3 Å². The molecule has 2 atom stereocenters. The second kappa shape index (κ2) is 4.34. The van der Waals surface area contributed by atoms with Gasteiger partial charge in [-0.25, -0.2) is 0 Å². The first kappa shape index (κ1) is 10.0. The highest BCUT2D eigenvalue weighted by Crippen LogP contribution is 2.30. The summed E-state index contributed by atoms with van der Waals surface area (Å²) in [4.78, 5) is 1.37. The van der Waals surface area contributed by atoms with E-state index in [0.29, 0.717) is 5.92 Å². The topological polar surface area (TPSA) is 20.2 Å². The number of hydrogen-bond donors (Lipinski definition) is 1. The lowest BCUT2D eigenvalue weighted by Crippen LogP contribution is -2.19. The zero-order valence-corrected chi connectivity index (χ0v) is 10.3. The van der Waals surface area contributed by atoms with Crippen LogP contribution in [0.1, 0.15) is 4.88 Å². The van der Waals surface area contributed by atoms with Crippen LogP contribution in [0.2, 0.25) is 0 Å². The Labute approximate surface area is 94.7 Å². The third kappa shape index (κ3) is 2.49. The average molecular weight is 279 g/mol. The fourth-order valence-corrected chi connectivity index (χ4v) is 4.34. The summed E-state index contributed by atoms with van der Waals surface area (Å²) in [5.74, 6) is 2.49. The number of thiophene rings is 1. The van der Waals surface area contributed by atoms with Crippen molar-refractivity contribution in [2.24, 2.45) is 5.92 Å². The van der Waals surface area contributed by atoms with Gasteiger partial charge < -0.3 is 5.11 Å². The van der Waals surface area contributed by atoms with Crippen LogP contribution in [0, 0.1) is 5.92 Å². The van der Waals surface area contributed by atoms with Gasteiger partial charge in [-0.15, -0.1) is 11.3 Å². The van der Waals surface area contributed by atoms with Gasteiger partial charge in [0.15, 0.2) is 0 Å². The quantitative estimate of drug-likeness (QED) is 0.898. The van der Waals surface area contributed by atoms with Gasteiger partial charge in [0.1, 0.15) is 0 Å². The highest BCUT2D eigenvalue weighted by molar-refractivity contribution is 9.10. The molecular formula is C9H11BrOS2. The van der Waals surface area contributed by atoms with Crippen LogP contribution in [0.15, 0.2) is 15.9 Å². The summed E-state index contributed by atoms with van der Waals surface area (Å²) < 4.78 is 1.16. The third-order valence-corrected chi connectivity index (χ3v) is 5.21. The molecule has 1 fully saturated rings. The van der Waals surface area contributed by atoms with Crippen LogP contribution >= 0.6 is 39.0 Å². The number of aliphatic hydroxyl groups is 1. The molecule has 0 bridgehead atoms. The lowest BCUT2D eigenvalue weighted by molar-refractivity contribution is 0.150. The van der Waals surface area contributed by atoms with Gasteiger partial charge in [-0.05, 0) is 40.1 Å². The number of thioether (sulfide) groups is 1. The van der Waals surface area contributed by atoms with E-state index < -0.39 is 0 Å². The summed E-state index contributed by atoms with van der Waals surface area (Å²) in [5.41, 5.74) is 0. The highest BCUT2D eigenvalue weighted by atomic mass is 79.9. The first-order valence-corrected chi connectivity index (χ1v) is 7.07. The maximum atomic E-state index is 9.63. The maximum absolute atomic E-state index is 9.63. The second-order valence-corrected chi connectivity index (χ2v) is 6.29. The minimum atomic E-state index is -0.0918. The van der Waals surface area contributed by atoms with E-state index in [2.05, 4.69) is 27.4 Å². The van der Waals surface area contributed by atoms with E-state index in [-0.39, 0.29) is 6.10 Å². The zero-order chi connectivity index (χ0) is 9.26. The van der Waals surface area contributed by atoms with Crippen LogP contribution in [-0.4, -0.2) is 22.7 Å². The Hall–Kier alpha value is 0.490. The molecule has 0 amide bonds. The van der Waals surface area contributed by atoms with Crippen molar-refractivity contribution in [3.8, 4) is 0 Å². The van der Waals surface area contributed by atoms with Gasteiger partial charge in [0.25, 0.3) is 0 Å². The number of rotatable bonds is 2. The predicted molar refractivity (Wildman–Crippen MR) is 62.5 cm³/mol. The lowest BCUT2D eigenvalue weighted by atomic mass is 10.0. The van der Waals surface area contributed by atoms with Crippen molar-refractivity contribution in [1.82, 2.24) is 0 Å². The molecule has 1 saturated heterocycles.